The van der Waals surface area contributed by atoms with Crippen molar-refractivity contribution in [1.29, 1.82) is 0 Å². The van der Waals surface area contributed by atoms with E-state index in [1.165, 1.54) is 0 Å². The predicted octanol–water partition coefficient (Wildman–Crippen LogP) is 3.01. The molecule has 0 bridgehead atoms. The summed E-state index contributed by atoms with van der Waals surface area (Å²) in [4.78, 5) is 18.1. The first-order valence-corrected chi connectivity index (χ1v) is 8.50. The normalized spacial score (nSPS) is 15.5. The number of aliphatic hydroxyl groups excluding tert-OH is 1. The lowest BCUT2D eigenvalue weighted by Crippen LogP contribution is -2.37. The van der Waals surface area contributed by atoms with E-state index in [0.29, 0.717) is 17.9 Å². The third-order valence-corrected chi connectivity index (χ3v) is 4.94. The SMILES string of the molecule is Cc1nc(-c2cccs2)ccc1C(=O)NC(CCO)C1CC1. The number of amides is 1. The predicted molar refractivity (Wildman–Crippen MR) is 88.0 cm³/mol. The average Bonchev–Trinajstić information content (AvgIpc) is 3.21. The molecular formula is C17H20N2O2S. The summed E-state index contributed by atoms with van der Waals surface area (Å²) in [6.07, 6.45) is 2.90. The van der Waals surface area contributed by atoms with Gasteiger partial charge in [-0.25, -0.2) is 0 Å². The van der Waals surface area contributed by atoms with E-state index >= 15 is 0 Å². The number of carbonyl (C=O) groups is 1. The van der Waals surface area contributed by atoms with Gasteiger partial charge < -0.3 is 10.4 Å². The summed E-state index contributed by atoms with van der Waals surface area (Å²) < 4.78 is 0. The number of nitrogens with one attached hydrogen (secondary N) is 1. The van der Waals surface area contributed by atoms with E-state index in [-0.39, 0.29) is 18.6 Å². The maximum absolute atomic E-state index is 12.5. The van der Waals surface area contributed by atoms with Gasteiger partial charge in [-0.1, -0.05) is 6.07 Å². The van der Waals surface area contributed by atoms with Crippen molar-refractivity contribution in [3.63, 3.8) is 0 Å². The third kappa shape index (κ3) is 3.36. The molecule has 0 aromatic carbocycles. The van der Waals surface area contributed by atoms with Crippen molar-refractivity contribution in [1.82, 2.24) is 10.3 Å². The molecule has 116 valence electrons. The van der Waals surface area contributed by atoms with Crippen LogP contribution in [-0.2, 0) is 0 Å². The summed E-state index contributed by atoms with van der Waals surface area (Å²) >= 11 is 1.64. The van der Waals surface area contributed by atoms with E-state index in [1.807, 2.05) is 36.6 Å². The number of hydrogen-bond donors (Lipinski definition) is 2. The first-order chi connectivity index (χ1) is 10.7. The second-order valence-corrected chi connectivity index (χ2v) is 6.68. The number of aromatic nitrogens is 1. The maximum atomic E-state index is 12.5. The van der Waals surface area contributed by atoms with Crippen molar-refractivity contribution < 1.29 is 9.90 Å². The van der Waals surface area contributed by atoms with Gasteiger partial charge in [0.15, 0.2) is 0 Å². The minimum Gasteiger partial charge on any atom is -0.396 e. The van der Waals surface area contributed by atoms with Crippen LogP contribution in [0, 0.1) is 12.8 Å². The van der Waals surface area contributed by atoms with E-state index in [9.17, 15) is 4.79 Å². The summed E-state index contributed by atoms with van der Waals surface area (Å²) in [6, 6.07) is 7.83. The molecule has 1 unspecified atom stereocenters. The zero-order valence-electron chi connectivity index (χ0n) is 12.6. The van der Waals surface area contributed by atoms with Gasteiger partial charge in [0, 0.05) is 12.6 Å². The molecule has 22 heavy (non-hydrogen) atoms. The largest absolute Gasteiger partial charge is 0.396 e. The van der Waals surface area contributed by atoms with Crippen LogP contribution in [-0.4, -0.2) is 28.6 Å². The molecule has 0 radical (unpaired) electrons. The highest BCUT2D eigenvalue weighted by atomic mass is 32.1. The molecule has 1 atom stereocenters. The van der Waals surface area contributed by atoms with Crippen LogP contribution >= 0.6 is 11.3 Å². The number of aliphatic hydroxyl groups is 1. The Balaban J connectivity index is 1.75. The van der Waals surface area contributed by atoms with Gasteiger partial charge in [0.2, 0.25) is 0 Å². The van der Waals surface area contributed by atoms with Crippen molar-refractivity contribution in [3.8, 4) is 10.6 Å². The van der Waals surface area contributed by atoms with Gasteiger partial charge in [-0.15, -0.1) is 11.3 Å². The van der Waals surface area contributed by atoms with Crippen molar-refractivity contribution in [2.45, 2.75) is 32.2 Å². The molecule has 2 N–H and O–H groups in total. The van der Waals surface area contributed by atoms with Crippen LogP contribution in [0.15, 0.2) is 29.6 Å². The number of carbonyl (C=O) groups excluding carboxylic acids is 1. The highest BCUT2D eigenvalue weighted by Crippen LogP contribution is 2.34. The molecule has 3 rings (SSSR count). The zero-order chi connectivity index (χ0) is 15.5. The first kappa shape index (κ1) is 15.2. The fraction of sp³-hybridized carbons (Fsp3) is 0.412. The van der Waals surface area contributed by atoms with Crippen molar-refractivity contribution >= 4 is 17.2 Å². The Kier molecular flexibility index (Phi) is 4.55. The lowest BCUT2D eigenvalue weighted by molar-refractivity contribution is 0.0923. The fourth-order valence-electron chi connectivity index (χ4n) is 2.67. The maximum Gasteiger partial charge on any atom is 0.253 e. The van der Waals surface area contributed by atoms with E-state index in [4.69, 9.17) is 5.11 Å². The molecule has 4 nitrogen and oxygen atoms in total. The summed E-state index contributed by atoms with van der Waals surface area (Å²) in [5, 5.41) is 14.2. The molecular weight excluding hydrogens is 296 g/mol. The molecule has 1 amide bonds. The molecule has 0 spiro atoms. The lowest BCUT2D eigenvalue weighted by atomic mass is 10.1. The van der Waals surface area contributed by atoms with E-state index in [1.54, 1.807) is 11.3 Å². The van der Waals surface area contributed by atoms with Gasteiger partial charge >= 0.3 is 0 Å². The number of rotatable bonds is 6. The van der Waals surface area contributed by atoms with Crippen LogP contribution < -0.4 is 5.32 Å². The Labute approximate surface area is 134 Å². The van der Waals surface area contributed by atoms with Gasteiger partial charge in [-0.05, 0) is 55.7 Å². The van der Waals surface area contributed by atoms with Gasteiger partial charge in [0.25, 0.3) is 5.91 Å². The third-order valence-electron chi connectivity index (χ3n) is 4.05. The van der Waals surface area contributed by atoms with E-state index < -0.39 is 0 Å². The minimum absolute atomic E-state index is 0.0777. The van der Waals surface area contributed by atoms with Crippen molar-refractivity contribution in [2.75, 3.05) is 6.61 Å². The van der Waals surface area contributed by atoms with Crippen LogP contribution in [0.4, 0.5) is 0 Å². The zero-order valence-corrected chi connectivity index (χ0v) is 13.4. The van der Waals surface area contributed by atoms with Crippen LogP contribution in [0.5, 0.6) is 0 Å². The average molecular weight is 316 g/mol. The Morgan fingerprint density at radius 3 is 2.86 bits per heavy atom. The van der Waals surface area contributed by atoms with Crippen LogP contribution in [0.3, 0.4) is 0 Å². The number of aryl methyl sites for hydroxylation is 1. The molecule has 2 aromatic rings. The molecule has 0 aliphatic heterocycles. The van der Waals surface area contributed by atoms with Crippen molar-refractivity contribution in [3.05, 3.63) is 40.9 Å². The smallest absolute Gasteiger partial charge is 0.253 e. The lowest BCUT2D eigenvalue weighted by Gasteiger charge is -2.17. The second-order valence-electron chi connectivity index (χ2n) is 5.74. The molecule has 1 aliphatic carbocycles. The number of nitrogens with zero attached hydrogens (tertiary/aromatic N) is 1. The van der Waals surface area contributed by atoms with Crippen LogP contribution in [0.1, 0.15) is 35.3 Å². The minimum atomic E-state index is -0.0897. The van der Waals surface area contributed by atoms with Crippen LogP contribution in [0.25, 0.3) is 10.6 Å². The molecule has 1 fully saturated rings. The number of pyridine rings is 1. The van der Waals surface area contributed by atoms with E-state index in [0.717, 1.165) is 29.1 Å². The Morgan fingerprint density at radius 1 is 1.45 bits per heavy atom. The summed E-state index contributed by atoms with van der Waals surface area (Å²) in [5.74, 6) is 0.433. The van der Waals surface area contributed by atoms with Gasteiger partial charge in [0.05, 0.1) is 21.8 Å². The summed E-state index contributed by atoms with van der Waals surface area (Å²) in [6.45, 7) is 1.97. The topological polar surface area (TPSA) is 62.2 Å². The fourth-order valence-corrected chi connectivity index (χ4v) is 3.37. The Bertz CT molecular complexity index is 651. The Hall–Kier alpha value is -1.72. The molecule has 2 heterocycles. The highest BCUT2D eigenvalue weighted by molar-refractivity contribution is 7.13. The highest BCUT2D eigenvalue weighted by Gasteiger charge is 2.32. The van der Waals surface area contributed by atoms with Gasteiger partial charge in [-0.3, -0.25) is 9.78 Å². The summed E-state index contributed by atoms with van der Waals surface area (Å²) in [7, 11) is 0. The van der Waals surface area contributed by atoms with Crippen molar-refractivity contribution in [2.24, 2.45) is 5.92 Å². The Morgan fingerprint density at radius 2 is 2.27 bits per heavy atom. The monoisotopic (exact) mass is 316 g/mol. The molecule has 5 heteroatoms. The first-order valence-electron chi connectivity index (χ1n) is 7.62. The van der Waals surface area contributed by atoms with Crippen LogP contribution in [0.2, 0.25) is 0 Å². The number of thiophene rings is 1. The second kappa shape index (κ2) is 6.58. The van der Waals surface area contributed by atoms with Gasteiger partial charge in [0.1, 0.15) is 0 Å². The molecule has 1 saturated carbocycles. The standard InChI is InChI=1S/C17H20N2O2S/c1-11-13(6-7-15(18-11)16-3-2-10-22-16)17(21)19-14(8-9-20)12-4-5-12/h2-3,6-7,10,12,14,20H,4-5,8-9H2,1H3,(H,19,21). The summed E-state index contributed by atoms with van der Waals surface area (Å²) in [5.41, 5.74) is 2.25. The molecule has 0 saturated heterocycles. The molecule has 2 aromatic heterocycles. The molecule has 1 aliphatic rings. The number of hydrogen-bond acceptors (Lipinski definition) is 4. The van der Waals surface area contributed by atoms with E-state index in [2.05, 4.69) is 10.3 Å². The quantitative estimate of drug-likeness (QED) is 0.861. The van der Waals surface area contributed by atoms with Gasteiger partial charge in [-0.2, -0.15) is 0 Å².